The number of thiol groups is 1. The third-order valence-corrected chi connectivity index (χ3v) is 2.53. The Balaban J connectivity index is 2.89. The molecule has 0 saturated carbocycles. The highest BCUT2D eigenvalue weighted by molar-refractivity contribution is 7.80. The molecule has 0 amide bonds. The molecule has 12 heavy (non-hydrogen) atoms. The van der Waals surface area contributed by atoms with Crippen LogP contribution in [0.15, 0.2) is 23.2 Å². The van der Waals surface area contributed by atoms with E-state index in [-0.39, 0.29) is 0 Å². The molecule has 0 aliphatic carbocycles. The summed E-state index contributed by atoms with van der Waals surface area (Å²) in [5.41, 5.74) is 2.23. The lowest BCUT2D eigenvalue weighted by atomic mass is 10.1. The highest BCUT2D eigenvalue weighted by Crippen LogP contribution is 2.22. The monoisotopic (exact) mass is 178 g/mol. The highest BCUT2D eigenvalue weighted by Gasteiger charge is 2.02. The van der Waals surface area contributed by atoms with Crippen LogP contribution < -0.4 is 0 Å². The molecular weight excluding hydrogens is 168 g/mol. The van der Waals surface area contributed by atoms with Gasteiger partial charge >= 0.3 is 0 Å². The standard InChI is InChI=1S/C9H10N2S/c1-6-7-5-11(2)10-8(7)3-4-9(6)12/h3-5,12H,1-2H3. The van der Waals surface area contributed by atoms with E-state index in [1.54, 1.807) is 0 Å². The van der Waals surface area contributed by atoms with Gasteiger partial charge in [-0.2, -0.15) is 5.10 Å². The van der Waals surface area contributed by atoms with Gasteiger partial charge in [0, 0.05) is 23.5 Å². The highest BCUT2D eigenvalue weighted by atomic mass is 32.1. The number of nitrogens with zero attached hydrogens (tertiary/aromatic N) is 2. The van der Waals surface area contributed by atoms with Crippen molar-refractivity contribution in [1.82, 2.24) is 9.78 Å². The average molecular weight is 178 g/mol. The van der Waals surface area contributed by atoms with Crippen LogP contribution in [0.4, 0.5) is 0 Å². The van der Waals surface area contributed by atoms with Gasteiger partial charge in [0.2, 0.25) is 0 Å². The lowest BCUT2D eigenvalue weighted by molar-refractivity contribution is 0.779. The minimum absolute atomic E-state index is 1.02. The maximum Gasteiger partial charge on any atom is 0.0926 e. The van der Waals surface area contributed by atoms with E-state index in [1.807, 2.05) is 30.1 Å². The van der Waals surface area contributed by atoms with Gasteiger partial charge in [0.1, 0.15) is 0 Å². The van der Waals surface area contributed by atoms with Crippen LogP contribution in [-0.2, 0) is 7.05 Å². The van der Waals surface area contributed by atoms with Gasteiger partial charge in [-0.15, -0.1) is 12.6 Å². The van der Waals surface area contributed by atoms with Crippen LogP contribution in [0.25, 0.3) is 10.9 Å². The second kappa shape index (κ2) is 2.52. The van der Waals surface area contributed by atoms with Gasteiger partial charge in [-0.25, -0.2) is 0 Å². The Labute approximate surface area is 76.6 Å². The molecule has 0 atom stereocenters. The molecule has 0 unspecified atom stereocenters. The van der Waals surface area contributed by atoms with Gasteiger partial charge < -0.3 is 0 Å². The average Bonchev–Trinajstić information content (AvgIpc) is 2.39. The number of aryl methyl sites for hydroxylation is 2. The molecular formula is C9H10N2S. The SMILES string of the molecule is Cc1c(S)ccc2nn(C)cc12. The summed E-state index contributed by atoms with van der Waals surface area (Å²) in [6, 6.07) is 3.97. The van der Waals surface area contributed by atoms with Crippen LogP contribution in [0, 0.1) is 6.92 Å². The molecule has 0 aliphatic heterocycles. The second-order valence-corrected chi connectivity index (χ2v) is 3.43. The van der Waals surface area contributed by atoms with Crippen LogP contribution in [0.1, 0.15) is 5.56 Å². The number of hydrogen-bond donors (Lipinski definition) is 1. The zero-order valence-corrected chi connectivity index (χ0v) is 7.97. The van der Waals surface area contributed by atoms with Crippen LogP contribution >= 0.6 is 12.6 Å². The molecule has 0 radical (unpaired) electrons. The number of rotatable bonds is 0. The van der Waals surface area contributed by atoms with Crippen molar-refractivity contribution in [3.05, 3.63) is 23.9 Å². The number of hydrogen-bond acceptors (Lipinski definition) is 2. The molecule has 62 valence electrons. The maximum atomic E-state index is 4.35. The first-order valence-electron chi connectivity index (χ1n) is 3.80. The summed E-state index contributed by atoms with van der Waals surface area (Å²) in [5.74, 6) is 0. The molecule has 0 bridgehead atoms. The van der Waals surface area contributed by atoms with Crippen molar-refractivity contribution in [2.45, 2.75) is 11.8 Å². The first kappa shape index (κ1) is 7.68. The summed E-state index contributed by atoms with van der Waals surface area (Å²) in [4.78, 5) is 1.02. The first-order valence-corrected chi connectivity index (χ1v) is 4.25. The van der Waals surface area contributed by atoms with E-state index in [0.717, 1.165) is 10.4 Å². The summed E-state index contributed by atoms with van der Waals surface area (Å²) in [7, 11) is 1.93. The van der Waals surface area contributed by atoms with Crippen molar-refractivity contribution < 1.29 is 0 Å². The Morgan fingerprint density at radius 1 is 1.42 bits per heavy atom. The van der Waals surface area contributed by atoms with E-state index >= 15 is 0 Å². The van der Waals surface area contributed by atoms with Crippen LogP contribution in [0.5, 0.6) is 0 Å². The van der Waals surface area contributed by atoms with Crippen molar-refractivity contribution in [2.24, 2.45) is 7.05 Å². The number of benzene rings is 1. The zero-order valence-electron chi connectivity index (χ0n) is 7.07. The van der Waals surface area contributed by atoms with Gasteiger partial charge in [-0.3, -0.25) is 4.68 Å². The van der Waals surface area contributed by atoms with Crippen molar-refractivity contribution in [3.8, 4) is 0 Å². The molecule has 0 N–H and O–H groups in total. The van der Waals surface area contributed by atoms with E-state index in [0.29, 0.717) is 0 Å². The Morgan fingerprint density at radius 3 is 2.92 bits per heavy atom. The van der Waals surface area contributed by atoms with Crippen LogP contribution in [0.2, 0.25) is 0 Å². The molecule has 0 aliphatic rings. The summed E-state index contributed by atoms with van der Waals surface area (Å²) >= 11 is 4.35. The van der Waals surface area contributed by atoms with E-state index in [1.165, 1.54) is 10.9 Å². The largest absolute Gasteiger partial charge is 0.275 e. The fourth-order valence-electron chi connectivity index (χ4n) is 1.34. The normalized spacial score (nSPS) is 10.9. The molecule has 1 aromatic heterocycles. The predicted molar refractivity (Wildman–Crippen MR) is 52.7 cm³/mol. The third kappa shape index (κ3) is 1.01. The lowest BCUT2D eigenvalue weighted by Gasteiger charge is -1.97. The van der Waals surface area contributed by atoms with Crippen molar-refractivity contribution in [2.75, 3.05) is 0 Å². The zero-order chi connectivity index (χ0) is 8.72. The van der Waals surface area contributed by atoms with E-state index in [4.69, 9.17) is 0 Å². The number of fused-ring (bicyclic) bond motifs is 1. The molecule has 2 nitrogen and oxygen atoms in total. The maximum absolute atomic E-state index is 4.35. The summed E-state index contributed by atoms with van der Waals surface area (Å²) in [5, 5.41) is 5.48. The fourth-order valence-corrected chi connectivity index (χ4v) is 1.53. The van der Waals surface area contributed by atoms with Crippen molar-refractivity contribution >= 4 is 23.5 Å². The Kier molecular flexibility index (Phi) is 1.61. The Morgan fingerprint density at radius 2 is 2.17 bits per heavy atom. The molecule has 1 heterocycles. The van der Waals surface area contributed by atoms with Gasteiger partial charge in [0.15, 0.2) is 0 Å². The van der Waals surface area contributed by atoms with E-state index in [9.17, 15) is 0 Å². The van der Waals surface area contributed by atoms with Crippen LogP contribution in [0.3, 0.4) is 0 Å². The summed E-state index contributed by atoms with van der Waals surface area (Å²) in [6.45, 7) is 2.06. The summed E-state index contributed by atoms with van der Waals surface area (Å²) < 4.78 is 1.82. The molecule has 3 heteroatoms. The minimum Gasteiger partial charge on any atom is -0.275 e. The Hall–Kier alpha value is -0.960. The molecule has 2 rings (SSSR count). The van der Waals surface area contributed by atoms with Gasteiger partial charge in [-0.1, -0.05) is 0 Å². The predicted octanol–water partition coefficient (Wildman–Crippen LogP) is 2.17. The minimum atomic E-state index is 1.02. The molecule has 0 fully saturated rings. The summed E-state index contributed by atoms with van der Waals surface area (Å²) in [6.07, 6.45) is 2.02. The lowest BCUT2D eigenvalue weighted by Crippen LogP contribution is -1.84. The van der Waals surface area contributed by atoms with E-state index < -0.39 is 0 Å². The van der Waals surface area contributed by atoms with E-state index in [2.05, 4.69) is 24.7 Å². The molecule has 1 aromatic carbocycles. The van der Waals surface area contributed by atoms with Gasteiger partial charge in [0.05, 0.1) is 5.52 Å². The molecule has 2 aromatic rings. The van der Waals surface area contributed by atoms with Crippen molar-refractivity contribution in [1.29, 1.82) is 0 Å². The first-order chi connectivity index (χ1) is 5.68. The number of aromatic nitrogens is 2. The fraction of sp³-hybridized carbons (Fsp3) is 0.222. The Bertz CT molecular complexity index is 431. The topological polar surface area (TPSA) is 17.8 Å². The van der Waals surface area contributed by atoms with Crippen LogP contribution in [-0.4, -0.2) is 9.78 Å². The molecule has 0 saturated heterocycles. The smallest absolute Gasteiger partial charge is 0.0926 e. The van der Waals surface area contributed by atoms with Gasteiger partial charge in [-0.05, 0) is 24.6 Å². The third-order valence-electron chi connectivity index (χ3n) is 2.04. The second-order valence-electron chi connectivity index (χ2n) is 2.95. The van der Waals surface area contributed by atoms with Gasteiger partial charge in [0.25, 0.3) is 0 Å². The quantitative estimate of drug-likeness (QED) is 0.612. The molecule has 0 spiro atoms. The van der Waals surface area contributed by atoms with Crippen molar-refractivity contribution in [3.63, 3.8) is 0 Å².